The Bertz CT molecular complexity index is 1210. The van der Waals surface area contributed by atoms with Crippen molar-refractivity contribution < 1.29 is 14.3 Å². The molecule has 0 fully saturated rings. The number of carbonyl (C=O) groups excluding carboxylic acids is 1. The average Bonchev–Trinajstić information content (AvgIpc) is 3.22. The summed E-state index contributed by atoms with van der Waals surface area (Å²) in [5, 5.41) is 15.1. The van der Waals surface area contributed by atoms with Gasteiger partial charge in [-0.3, -0.25) is 9.78 Å². The Morgan fingerprint density at radius 3 is 2.72 bits per heavy atom. The van der Waals surface area contributed by atoms with E-state index in [9.17, 15) is 4.79 Å². The van der Waals surface area contributed by atoms with Crippen LogP contribution < -0.4 is 20.1 Å². The Hall–Kier alpha value is -4.20. The number of nitrogens with one attached hydrogen (secondary N) is 2. The maximum Gasteiger partial charge on any atom is 0.276 e. The highest BCUT2D eigenvalue weighted by Crippen LogP contribution is 2.34. The van der Waals surface area contributed by atoms with Crippen molar-refractivity contribution in [1.82, 2.24) is 15.2 Å². The normalized spacial score (nSPS) is 12.0. The van der Waals surface area contributed by atoms with E-state index < -0.39 is 0 Å². The van der Waals surface area contributed by atoms with Crippen LogP contribution in [0.15, 0.2) is 66.9 Å². The van der Waals surface area contributed by atoms with Gasteiger partial charge in [-0.05, 0) is 36.4 Å². The minimum atomic E-state index is -0.366. The van der Waals surface area contributed by atoms with Crippen LogP contribution in [0, 0.1) is 0 Å². The second-order valence-electron chi connectivity index (χ2n) is 6.33. The summed E-state index contributed by atoms with van der Waals surface area (Å²) in [6.45, 7) is 0.179. The first-order valence-electron chi connectivity index (χ1n) is 8.92. The molecule has 1 aliphatic heterocycles. The van der Waals surface area contributed by atoms with Gasteiger partial charge in [0.15, 0.2) is 23.0 Å². The quantitative estimate of drug-likeness (QED) is 0.552. The Morgan fingerprint density at radius 1 is 0.931 bits per heavy atom. The first-order valence-corrected chi connectivity index (χ1v) is 8.92. The highest BCUT2D eigenvalue weighted by atomic mass is 16.7. The molecule has 142 valence electrons. The predicted molar refractivity (Wildman–Crippen MR) is 108 cm³/mol. The summed E-state index contributed by atoms with van der Waals surface area (Å²) in [5.41, 5.74) is 2.44. The molecule has 3 heterocycles. The van der Waals surface area contributed by atoms with Crippen LogP contribution in [0.25, 0.3) is 10.9 Å². The second-order valence-corrected chi connectivity index (χ2v) is 6.33. The number of para-hydroxylation sites is 1. The van der Waals surface area contributed by atoms with Gasteiger partial charge in [-0.15, -0.1) is 10.2 Å². The third-order valence-electron chi connectivity index (χ3n) is 4.42. The van der Waals surface area contributed by atoms with E-state index in [0.29, 0.717) is 23.0 Å². The summed E-state index contributed by atoms with van der Waals surface area (Å²) in [4.78, 5) is 16.8. The fourth-order valence-electron chi connectivity index (χ4n) is 3.03. The zero-order chi connectivity index (χ0) is 19.6. The maximum absolute atomic E-state index is 12.4. The largest absolute Gasteiger partial charge is 0.454 e. The zero-order valence-corrected chi connectivity index (χ0v) is 15.1. The van der Waals surface area contributed by atoms with Crippen molar-refractivity contribution in [3.8, 4) is 11.5 Å². The van der Waals surface area contributed by atoms with Crippen molar-refractivity contribution in [1.29, 1.82) is 0 Å². The van der Waals surface area contributed by atoms with E-state index in [2.05, 4.69) is 25.8 Å². The van der Waals surface area contributed by atoms with Gasteiger partial charge >= 0.3 is 0 Å². The number of hydrogen-bond acceptors (Lipinski definition) is 7. The molecular formula is C21H15N5O3. The van der Waals surface area contributed by atoms with E-state index in [4.69, 9.17) is 9.47 Å². The molecule has 8 heteroatoms. The van der Waals surface area contributed by atoms with Crippen LogP contribution in [0.2, 0.25) is 0 Å². The van der Waals surface area contributed by atoms with Crippen molar-refractivity contribution in [2.45, 2.75) is 0 Å². The summed E-state index contributed by atoms with van der Waals surface area (Å²) >= 11 is 0. The Kier molecular flexibility index (Phi) is 4.14. The summed E-state index contributed by atoms with van der Waals surface area (Å²) in [6, 6.07) is 18.2. The molecule has 0 atom stereocenters. The zero-order valence-electron chi connectivity index (χ0n) is 15.1. The maximum atomic E-state index is 12.4. The van der Waals surface area contributed by atoms with Gasteiger partial charge in [0, 0.05) is 23.3 Å². The number of pyridine rings is 1. The van der Waals surface area contributed by atoms with Gasteiger partial charge in [0.05, 0.1) is 11.2 Å². The highest BCUT2D eigenvalue weighted by Gasteiger charge is 2.15. The van der Waals surface area contributed by atoms with Crippen LogP contribution in [0.3, 0.4) is 0 Å². The molecule has 0 bridgehead atoms. The number of fused-ring (bicyclic) bond motifs is 2. The monoisotopic (exact) mass is 385 g/mol. The van der Waals surface area contributed by atoms with E-state index in [1.807, 2.05) is 30.3 Å². The molecule has 0 aliphatic carbocycles. The van der Waals surface area contributed by atoms with E-state index >= 15 is 0 Å². The Morgan fingerprint density at radius 2 is 1.83 bits per heavy atom. The molecule has 0 spiro atoms. The van der Waals surface area contributed by atoms with Gasteiger partial charge < -0.3 is 20.1 Å². The topological polar surface area (TPSA) is 98.3 Å². The number of anilines is 3. The number of rotatable bonds is 4. The molecule has 0 radical (unpaired) electrons. The number of benzene rings is 2. The molecule has 0 unspecified atom stereocenters. The molecule has 4 aromatic rings. The average molecular weight is 385 g/mol. The molecule has 5 rings (SSSR count). The lowest BCUT2D eigenvalue weighted by atomic mass is 10.2. The van der Waals surface area contributed by atoms with Gasteiger partial charge in [0.25, 0.3) is 5.91 Å². The molecular weight excluding hydrogens is 370 g/mol. The number of nitrogens with zero attached hydrogens (tertiary/aromatic N) is 3. The molecule has 0 saturated heterocycles. The van der Waals surface area contributed by atoms with Crippen LogP contribution in [0.5, 0.6) is 11.5 Å². The van der Waals surface area contributed by atoms with E-state index in [0.717, 1.165) is 16.6 Å². The molecule has 8 nitrogen and oxygen atoms in total. The Labute approximate surface area is 165 Å². The number of carbonyl (C=O) groups is 1. The second kappa shape index (κ2) is 7.08. The lowest BCUT2D eigenvalue weighted by Crippen LogP contribution is -2.14. The van der Waals surface area contributed by atoms with Crippen molar-refractivity contribution >= 4 is 34.0 Å². The molecule has 1 aliphatic rings. The highest BCUT2D eigenvalue weighted by molar-refractivity contribution is 6.03. The lowest BCUT2D eigenvalue weighted by molar-refractivity contribution is 0.102. The van der Waals surface area contributed by atoms with E-state index in [1.54, 1.807) is 36.5 Å². The van der Waals surface area contributed by atoms with Gasteiger partial charge in [0.2, 0.25) is 6.79 Å². The summed E-state index contributed by atoms with van der Waals surface area (Å²) in [7, 11) is 0. The lowest BCUT2D eigenvalue weighted by Gasteiger charge is -2.09. The van der Waals surface area contributed by atoms with Crippen LogP contribution in [0.4, 0.5) is 17.2 Å². The van der Waals surface area contributed by atoms with Crippen LogP contribution in [-0.4, -0.2) is 27.9 Å². The van der Waals surface area contributed by atoms with Gasteiger partial charge in [-0.2, -0.15) is 0 Å². The minimum absolute atomic E-state index is 0.179. The molecule has 1 amide bonds. The smallest absolute Gasteiger partial charge is 0.276 e. The van der Waals surface area contributed by atoms with Crippen LogP contribution in [-0.2, 0) is 0 Å². The minimum Gasteiger partial charge on any atom is -0.454 e. The number of ether oxygens (including phenoxy) is 2. The van der Waals surface area contributed by atoms with Crippen molar-refractivity contribution in [3.05, 3.63) is 72.6 Å². The van der Waals surface area contributed by atoms with Gasteiger partial charge in [-0.25, -0.2) is 0 Å². The molecule has 29 heavy (non-hydrogen) atoms. The Balaban J connectivity index is 1.31. The summed E-state index contributed by atoms with van der Waals surface area (Å²) in [5.74, 6) is 1.40. The predicted octanol–water partition coefficient (Wildman–Crippen LogP) is 3.75. The standard InChI is InChI=1S/C21H15N5O3/c27-21(23-14-6-8-17-18(11-14)29-12-28-17)16-7-9-19(26-25-16)24-15-5-1-3-13-4-2-10-22-20(13)15/h1-11H,12H2,(H,23,27)(H,24,26). The first-order chi connectivity index (χ1) is 14.3. The van der Waals surface area contributed by atoms with E-state index in [-0.39, 0.29) is 18.4 Å². The SMILES string of the molecule is O=C(Nc1ccc2c(c1)OCO2)c1ccc(Nc2cccc3cccnc23)nn1. The number of amides is 1. The fourth-order valence-corrected chi connectivity index (χ4v) is 3.03. The van der Waals surface area contributed by atoms with Gasteiger partial charge in [-0.1, -0.05) is 18.2 Å². The van der Waals surface area contributed by atoms with Crippen LogP contribution in [0.1, 0.15) is 10.5 Å². The third kappa shape index (κ3) is 3.39. The molecule has 2 aromatic carbocycles. The van der Waals surface area contributed by atoms with Crippen molar-refractivity contribution in [2.24, 2.45) is 0 Å². The van der Waals surface area contributed by atoms with Crippen molar-refractivity contribution in [2.75, 3.05) is 17.4 Å². The summed E-state index contributed by atoms with van der Waals surface area (Å²) in [6.07, 6.45) is 1.74. The first kappa shape index (κ1) is 16.9. The van der Waals surface area contributed by atoms with E-state index in [1.165, 1.54) is 0 Å². The molecule has 0 saturated carbocycles. The number of aromatic nitrogens is 3. The molecule has 2 N–H and O–H groups in total. The van der Waals surface area contributed by atoms with Crippen molar-refractivity contribution in [3.63, 3.8) is 0 Å². The number of hydrogen-bond donors (Lipinski definition) is 2. The fraction of sp³-hybridized carbons (Fsp3) is 0.0476. The van der Waals surface area contributed by atoms with Crippen LogP contribution >= 0.6 is 0 Å². The molecule has 2 aromatic heterocycles. The van der Waals surface area contributed by atoms with Gasteiger partial charge in [0.1, 0.15) is 0 Å². The third-order valence-corrected chi connectivity index (χ3v) is 4.42. The summed E-state index contributed by atoms with van der Waals surface area (Å²) < 4.78 is 10.6.